The number of aliphatic hydroxyl groups excluding tert-OH is 1. The Morgan fingerprint density at radius 1 is 1.20 bits per heavy atom. The number of ether oxygens (including phenoxy) is 3. The highest BCUT2D eigenvalue weighted by Gasteiger charge is 2.60. The topological polar surface area (TPSA) is 47.9 Å². The lowest BCUT2D eigenvalue weighted by atomic mass is 10.0. The van der Waals surface area contributed by atoms with E-state index in [9.17, 15) is 5.11 Å². The van der Waals surface area contributed by atoms with Crippen LogP contribution in [0.15, 0.2) is 0 Å². The molecule has 1 N–H and O–H groups in total. The van der Waals surface area contributed by atoms with Gasteiger partial charge in [0.05, 0.1) is 6.61 Å². The van der Waals surface area contributed by atoms with Crippen LogP contribution >= 0.6 is 0 Å². The van der Waals surface area contributed by atoms with Gasteiger partial charge in [-0.15, -0.1) is 0 Å². The number of aliphatic hydroxyl groups is 1. The van der Waals surface area contributed by atoms with Crippen LogP contribution in [0.5, 0.6) is 0 Å². The Bertz CT molecular complexity index is 160. The molecule has 5 unspecified atom stereocenters. The van der Waals surface area contributed by atoms with Gasteiger partial charge in [-0.25, -0.2) is 0 Å². The zero-order valence-corrected chi connectivity index (χ0v) is 5.27. The van der Waals surface area contributed by atoms with Gasteiger partial charge in [-0.05, 0) is 0 Å². The fourth-order valence-corrected chi connectivity index (χ4v) is 1.77. The fourth-order valence-electron chi connectivity index (χ4n) is 1.77. The predicted molar refractivity (Wildman–Crippen MR) is 29.3 cm³/mol. The van der Waals surface area contributed by atoms with E-state index in [1.807, 2.05) is 0 Å². The summed E-state index contributed by atoms with van der Waals surface area (Å²) >= 11 is 0. The molecule has 3 aliphatic heterocycles. The first-order chi connectivity index (χ1) is 4.86. The Balaban J connectivity index is 1.95. The van der Waals surface area contributed by atoms with Crippen molar-refractivity contribution < 1.29 is 19.3 Å². The molecule has 0 amide bonds. The van der Waals surface area contributed by atoms with Crippen LogP contribution in [0, 0.1) is 0 Å². The largest absolute Gasteiger partial charge is 0.385 e. The van der Waals surface area contributed by atoms with E-state index in [2.05, 4.69) is 0 Å². The van der Waals surface area contributed by atoms with Gasteiger partial charge in [0.2, 0.25) is 0 Å². The van der Waals surface area contributed by atoms with E-state index in [0.29, 0.717) is 6.61 Å². The second-order valence-corrected chi connectivity index (χ2v) is 2.93. The maximum absolute atomic E-state index is 9.33. The van der Waals surface area contributed by atoms with E-state index in [0.717, 1.165) is 0 Å². The molecule has 4 nitrogen and oxygen atoms in total. The molecule has 3 rings (SSSR count). The standard InChI is InChI=1S/C6H8O4/c7-3-5-4-2(9-5)1-8-6(3)10-4/h2-7H,1H2. The van der Waals surface area contributed by atoms with Crippen molar-refractivity contribution in [2.24, 2.45) is 0 Å². The summed E-state index contributed by atoms with van der Waals surface area (Å²) in [5.74, 6) is 0. The third-order valence-corrected chi connectivity index (χ3v) is 2.35. The first kappa shape index (κ1) is 5.49. The summed E-state index contributed by atoms with van der Waals surface area (Å²) in [4.78, 5) is 0. The average Bonchev–Trinajstić information content (AvgIpc) is 2.04. The molecule has 0 aliphatic carbocycles. The highest BCUT2D eigenvalue weighted by atomic mass is 16.8. The molecule has 0 aromatic carbocycles. The van der Waals surface area contributed by atoms with Crippen molar-refractivity contribution in [1.82, 2.24) is 0 Å². The minimum absolute atomic E-state index is 0.0819. The van der Waals surface area contributed by atoms with Crippen LogP contribution < -0.4 is 0 Å². The predicted octanol–water partition coefficient (Wildman–Crippen LogP) is -1.13. The average molecular weight is 144 g/mol. The highest BCUT2D eigenvalue weighted by Crippen LogP contribution is 2.40. The van der Waals surface area contributed by atoms with Crippen LogP contribution in [0.4, 0.5) is 0 Å². The summed E-state index contributed by atoms with van der Waals surface area (Å²) in [7, 11) is 0. The molecule has 2 bridgehead atoms. The quantitative estimate of drug-likeness (QED) is 0.467. The third-order valence-electron chi connectivity index (χ3n) is 2.35. The second kappa shape index (κ2) is 1.53. The van der Waals surface area contributed by atoms with Crippen LogP contribution in [-0.2, 0) is 14.2 Å². The van der Waals surface area contributed by atoms with Crippen molar-refractivity contribution in [3.05, 3.63) is 0 Å². The zero-order valence-electron chi connectivity index (χ0n) is 5.27. The number of hydrogen-bond donors (Lipinski definition) is 1. The number of rotatable bonds is 0. The molecule has 0 saturated carbocycles. The molecule has 0 aromatic rings. The Labute approximate surface area is 57.7 Å². The summed E-state index contributed by atoms with van der Waals surface area (Å²) in [6, 6.07) is 0. The van der Waals surface area contributed by atoms with E-state index >= 15 is 0 Å². The highest BCUT2D eigenvalue weighted by molar-refractivity contribution is 5.03. The molecule has 0 radical (unpaired) electrons. The SMILES string of the molecule is OC1C2OCC3OC1C3O2. The van der Waals surface area contributed by atoms with Crippen LogP contribution in [0.1, 0.15) is 0 Å². The van der Waals surface area contributed by atoms with Gasteiger partial charge in [0, 0.05) is 0 Å². The lowest BCUT2D eigenvalue weighted by molar-refractivity contribution is -0.284. The molecule has 3 saturated heterocycles. The van der Waals surface area contributed by atoms with Crippen LogP contribution in [0.2, 0.25) is 0 Å². The van der Waals surface area contributed by atoms with Gasteiger partial charge in [-0.3, -0.25) is 0 Å². The third kappa shape index (κ3) is 0.441. The van der Waals surface area contributed by atoms with Crippen LogP contribution in [-0.4, -0.2) is 42.4 Å². The maximum atomic E-state index is 9.33. The smallest absolute Gasteiger partial charge is 0.186 e. The Hall–Kier alpha value is -0.160. The van der Waals surface area contributed by atoms with Crippen LogP contribution in [0.3, 0.4) is 0 Å². The number of hydrogen-bond acceptors (Lipinski definition) is 4. The Morgan fingerprint density at radius 3 is 2.90 bits per heavy atom. The summed E-state index contributed by atoms with van der Waals surface area (Å²) in [6.07, 6.45) is -0.915. The minimum Gasteiger partial charge on any atom is -0.385 e. The lowest BCUT2D eigenvalue weighted by Gasteiger charge is -2.39. The van der Waals surface area contributed by atoms with Crippen molar-refractivity contribution in [2.75, 3.05) is 6.61 Å². The maximum Gasteiger partial charge on any atom is 0.186 e. The summed E-state index contributed by atoms with van der Waals surface area (Å²) in [5, 5.41) is 9.33. The number of fused-ring (bicyclic) bond motifs is 1. The molecule has 3 aliphatic rings. The Morgan fingerprint density at radius 2 is 2.10 bits per heavy atom. The fraction of sp³-hybridized carbons (Fsp3) is 1.00. The molecule has 10 heavy (non-hydrogen) atoms. The van der Waals surface area contributed by atoms with E-state index < -0.39 is 12.4 Å². The molecular formula is C6H8O4. The van der Waals surface area contributed by atoms with E-state index in [1.54, 1.807) is 0 Å². The molecule has 56 valence electrons. The van der Waals surface area contributed by atoms with Crippen molar-refractivity contribution in [3.63, 3.8) is 0 Å². The van der Waals surface area contributed by atoms with Crippen molar-refractivity contribution in [3.8, 4) is 0 Å². The van der Waals surface area contributed by atoms with Crippen molar-refractivity contribution >= 4 is 0 Å². The molecule has 0 spiro atoms. The summed E-state index contributed by atoms with van der Waals surface area (Å²) < 4.78 is 15.7. The second-order valence-electron chi connectivity index (χ2n) is 2.93. The summed E-state index contributed by atoms with van der Waals surface area (Å²) in [5.41, 5.74) is 0. The van der Waals surface area contributed by atoms with Crippen molar-refractivity contribution in [2.45, 2.75) is 30.7 Å². The molecular weight excluding hydrogens is 136 g/mol. The first-order valence-corrected chi connectivity index (χ1v) is 3.47. The van der Waals surface area contributed by atoms with Gasteiger partial charge < -0.3 is 19.3 Å². The zero-order chi connectivity index (χ0) is 6.72. The molecule has 5 atom stereocenters. The van der Waals surface area contributed by atoms with E-state index in [4.69, 9.17) is 14.2 Å². The lowest BCUT2D eigenvalue weighted by Crippen LogP contribution is -2.56. The van der Waals surface area contributed by atoms with Crippen LogP contribution in [0.25, 0.3) is 0 Å². The van der Waals surface area contributed by atoms with Gasteiger partial charge in [-0.2, -0.15) is 0 Å². The molecule has 3 fully saturated rings. The summed E-state index contributed by atoms with van der Waals surface area (Å²) in [6.45, 7) is 0.572. The van der Waals surface area contributed by atoms with Gasteiger partial charge in [0.1, 0.15) is 24.4 Å². The van der Waals surface area contributed by atoms with Gasteiger partial charge >= 0.3 is 0 Å². The van der Waals surface area contributed by atoms with Gasteiger partial charge in [-0.1, -0.05) is 0 Å². The molecule has 0 aromatic heterocycles. The monoisotopic (exact) mass is 144 g/mol. The van der Waals surface area contributed by atoms with Gasteiger partial charge in [0.15, 0.2) is 6.29 Å². The first-order valence-electron chi connectivity index (χ1n) is 3.47. The van der Waals surface area contributed by atoms with Crippen molar-refractivity contribution in [1.29, 1.82) is 0 Å². The van der Waals surface area contributed by atoms with E-state index in [1.165, 1.54) is 0 Å². The minimum atomic E-state index is -0.566. The van der Waals surface area contributed by atoms with Gasteiger partial charge in [0.25, 0.3) is 0 Å². The Kier molecular flexibility index (Phi) is 0.840. The normalized spacial score (nSPS) is 63.9. The molecule has 3 heterocycles. The molecule has 4 heteroatoms. The van der Waals surface area contributed by atoms with E-state index in [-0.39, 0.29) is 18.3 Å².